The van der Waals surface area contributed by atoms with Crippen molar-refractivity contribution in [1.29, 1.82) is 0 Å². The fourth-order valence-corrected chi connectivity index (χ4v) is 3.38. The molecule has 0 spiro atoms. The average Bonchev–Trinajstić information content (AvgIpc) is 3.33. The first-order chi connectivity index (χ1) is 16.0. The van der Waals surface area contributed by atoms with Crippen molar-refractivity contribution < 1.29 is 24.2 Å². The standard InChI is InChI=1S/C26H20N2O5/c29-24(30)19-13-11-18(12-14-19)23-16-15-22(33-23)17-27-28-25(31)26(32,20-7-3-1-4-8-20)21-9-5-2-6-10-21/h1-17,32H,(H,28,31)(H,29,30). The number of furan rings is 1. The van der Waals surface area contributed by atoms with Crippen molar-refractivity contribution in [3.05, 3.63) is 120 Å². The highest BCUT2D eigenvalue weighted by molar-refractivity contribution is 5.91. The highest BCUT2D eigenvalue weighted by atomic mass is 16.4. The maximum absolute atomic E-state index is 13.0. The number of hydrogen-bond donors (Lipinski definition) is 3. The van der Waals surface area contributed by atoms with Crippen LogP contribution in [0.2, 0.25) is 0 Å². The molecule has 0 fully saturated rings. The molecule has 0 saturated carbocycles. The number of rotatable bonds is 7. The van der Waals surface area contributed by atoms with Gasteiger partial charge in [-0.2, -0.15) is 5.10 Å². The van der Waals surface area contributed by atoms with Crippen molar-refractivity contribution in [2.45, 2.75) is 5.60 Å². The van der Waals surface area contributed by atoms with Gasteiger partial charge in [-0.1, -0.05) is 72.8 Å². The number of amides is 1. The Balaban J connectivity index is 1.51. The third kappa shape index (κ3) is 4.58. The number of hydrogen-bond acceptors (Lipinski definition) is 5. The van der Waals surface area contributed by atoms with Gasteiger partial charge in [0.25, 0.3) is 5.91 Å². The highest BCUT2D eigenvalue weighted by Gasteiger charge is 2.39. The Morgan fingerprint density at radius 3 is 1.94 bits per heavy atom. The van der Waals surface area contributed by atoms with Crippen molar-refractivity contribution in [1.82, 2.24) is 5.43 Å². The van der Waals surface area contributed by atoms with Crippen molar-refractivity contribution in [2.24, 2.45) is 5.10 Å². The van der Waals surface area contributed by atoms with Gasteiger partial charge in [0.05, 0.1) is 11.8 Å². The topological polar surface area (TPSA) is 112 Å². The predicted molar refractivity (Wildman–Crippen MR) is 123 cm³/mol. The van der Waals surface area contributed by atoms with Crippen LogP contribution in [-0.4, -0.2) is 28.3 Å². The fourth-order valence-electron chi connectivity index (χ4n) is 3.38. The normalized spacial score (nSPS) is 11.4. The zero-order valence-electron chi connectivity index (χ0n) is 17.4. The third-order valence-electron chi connectivity index (χ3n) is 5.11. The molecule has 0 radical (unpaired) electrons. The number of carboxylic acid groups (broad SMARTS) is 1. The molecule has 164 valence electrons. The van der Waals surface area contributed by atoms with E-state index in [9.17, 15) is 14.7 Å². The molecule has 0 aliphatic carbocycles. The molecule has 0 aliphatic rings. The molecule has 1 amide bonds. The third-order valence-corrected chi connectivity index (χ3v) is 5.11. The molecule has 3 aromatic carbocycles. The number of aliphatic hydroxyl groups is 1. The second kappa shape index (κ2) is 9.33. The minimum atomic E-state index is -1.93. The van der Waals surface area contributed by atoms with Gasteiger partial charge in [0.1, 0.15) is 11.5 Å². The zero-order valence-corrected chi connectivity index (χ0v) is 17.4. The molecular formula is C26H20N2O5. The van der Waals surface area contributed by atoms with Gasteiger partial charge in [0.2, 0.25) is 0 Å². The predicted octanol–water partition coefficient (Wildman–Crippen LogP) is 4.03. The molecule has 7 nitrogen and oxygen atoms in total. The van der Waals surface area contributed by atoms with E-state index in [-0.39, 0.29) is 5.56 Å². The number of benzene rings is 3. The van der Waals surface area contributed by atoms with E-state index in [1.165, 1.54) is 18.3 Å². The lowest BCUT2D eigenvalue weighted by atomic mass is 9.85. The second-order valence-corrected chi connectivity index (χ2v) is 7.23. The van der Waals surface area contributed by atoms with E-state index in [0.29, 0.717) is 28.2 Å². The fraction of sp³-hybridized carbons (Fsp3) is 0.0385. The summed E-state index contributed by atoms with van der Waals surface area (Å²) in [6, 6.07) is 26.9. The maximum Gasteiger partial charge on any atom is 0.335 e. The van der Waals surface area contributed by atoms with Crippen molar-refractivity contribution in [3.63, 3.8) is 0 Å². The quantitative estimate of drug-likeness (QED) is 0.297. The largest absolute Gasteiger partial charge is 0.478 e. The summed E-state index contributed by atoms with van der Waals surface area (Å²) < 4.78 is 5.70. The highest BCUT2D eigenvalue weighted by Crippen LogP contribution is 2.30. The summed E-state index contributed by atoms with van der Waals surface area (Å²) in [5.41, 5.74) is 2.16. The number of carboxylic acids is 1. The van der Waals surface area contributed by atoms with Gasteiger partial charge in [-0.15, -0.1) is 0 Å². The van der Waals surface area contributed by atoms with Crippen LogP contribution >= 0.6 is 0 Å². The lowest BCUT2D eigenvalue weighted by molar-refractivity contribution is -0.136. The minimum Gasteiger partial charge on any atom is -0.478 e. The van der Waals surface area contributed by atoms with Crippen LogP contribution in [0, 0.1) is 0 Å². The Hall–Kier alpha value is -4.49. The summed E-state index contributed by atoms with van der Waals surface area (Å²) in [7, 11) is 0. The van der Waals surface area contributed by atoms with Crippen LogP contribution in [-0.2, 0) is 10.4 Å². The van der Waals surface area contributed by atoms with Crippen LogP contribution in [0.15, 0.2) is 107 Å². The average molecular weight is 440 g/mol. The van der Waals surface area contributed by atoms with Crippen LogP contribution in [0.1, 0.15) is 27.2 Å². The number of hydrazone groups is 1. The van der Waals surface area contributed by atoms with Gasteiger partial charge in [-0.25, -0.2) is 10.2 Å². The molecule has 0 bridgehead atoms. The molecule has 3 N–H and O–H groups in total. The molecule has 0 aliphatic heterocycles. The van der Waals surface area contributed by atoms with E-state index in [1.54, 1.807) is 84.9 Å². The number of carbonyl (C=O) groups excluding carboxylic acids is 1. The first-order valence-corrected chi connectivity index (χ1v) is 10.1. The van der Waals surface area contributed by atoms with Crippen molar-refractivity contribution >= 4 is 18.1 Å². The van der Waals surface area contributed by atoms with E-state index in [1.807, 2.05) is 0 Å². The summed E-state index contributed by atoms with van der Waals surface area (Å²) in [5.74, 6) is -0.830. The molecule has 0 unspecified atom stereocenters. The maximum atomic E-state index is 13.0. The number of nitrogens with zero attached hydrogens (tertiary/aromatic N) is 1. The SMILES string of the molecule is O=C(O)c1ccc(-c2ccc(C=NNC(=O)C(O)(c3ccccc3)c3ccccc3)o2)cc1. The minimum absolute atomic E-state index is 0.180. The number of carbonyl (C=O) groups is 2. The smallest absolute Gasteiger partial charge is 0.335 e. The van der Waals surface area contributed by atoms with Gasteiger partial charge in [-0.05, 0) is 35.4 Å². The monoisotopic (exact) mass is 440 g/mol. The second-order valence-electron chi connectivity index (χ2n) is 7.23. The van der Waals surface area contributed by atoms with Gasteiger partial charge in [0.15, 0.2) is 5.60 Å². The summed E-state index contributed by atoms with van der Waals surface area (Å²) in [6.07, 6.45) is 1.32. The Morgan fingerprint density at radius 1 is 0.818 bits per heavy atom. The molecule has 33 heavy (non-hydrogen) atoms. The van der Waals surface area contributed by atoms with Crippen molar-refractivity contribution in [3.8, 4) is 11.3 Å². The van der Waals surface area contributed by atoms with Crippen LogP contribution < -0.4 is 5.43 Å². The van der Waals surface area contributed by atoms with Gasteiger partial charge < -0.3 is 14.6 Å². The lowest BCUT2D eigenvalue weighted by Crippen LogP contribution is -2.43. The van der Waals surface area contributed by atoms with Crippen LogP contribution in [0.25, 0.3) is 11.3 Å². The summed E-state index contributed by atoms with van der Waals surface area (Å²) in [4.78, 5) is 24.0. The first kappa shape index (κ1) is 21.7. The summed E-state index contributed by atoms with van der Waals surface area (Å²) in [6.45, 7) is 0. The summed E-state index contributed by atoms with van der Waals surface area (Å²) in [5, 5.41) is 24.3. The van der Waals surface area contributed by atoms with Crippen LogP contribution in [0.4, 0.5) is 0 Å². The Kier molecular flexibility index (Phi) is 6.15. The molecule has 0 atom stereocenters. The Labute approximate surface area is 189 Å². The van der Waals surface area contributed by atoms with Gasteiger partial charge in [0, 0.05) is 5.56 Å². The Bertz CT molecular complexity index is 1240. The molecule has 4 rings (SSSR count). The molecule has 0 saturated heterocycles. The van der Waals surface area contributed by atoms with Crippen LogP contribution in [0.5, 0.6) is 0 Å². The van der Waals surface area contributed by atoms with Crippen molar-refractivity contribution in [2.75, 3.05) is 0 Å². The van der Waals surface area contributed by atoms with Gasteiger partial charge in [-0.3, -0.25) is 4.79 Å². The molecule has 1 heterocycles. The Morgan fingerprint density at radius 2 is 1.39 bits per heavy atom. The lowest BCUT2D eigenvalue weighted by Gasteiger charge is -2.26. The van der Waals surface area contributed by atoms with Crippen LogP contribution in [0.3, 0.4) is 0 Å². The van der Waals surface area contributed by atoms with E-state index in [4.69, 9.17) is 9.52 Å². The molecule has 4 aromatic rings. The number of nitrogens with one attached hydrogen (secondary N) is 1. The molecule has 7 heteroatoms. The van der Waals surface area contributed by atoms with E-state index < -0.39 is 17.5 Å². The first-order valence-electron chi connectivity index (χ1n) is 10.1. The van der Waals surface area contributed by atoms with E-state index in [0.717, 1.165) is 0 Å². The molecule has 1 aromatic heterocycles. The number of aromatic carboxylic acids is 1. The van der Waals surface area contributed by atoms with E-state index >= 15 is 0 Å². The summed E-state index contributed by atoms with van der Waals surface area (Å²) >= 11 is 0. The molecular weight excluding hydrogens is 420 g/mol. The van der Waals surface area contributed by atoms with Gasteiger partial charge >= 0.3 is 5.97 Å². The van der Waals surface area contributed by atoms with E-state index in [2.05, 4.69) is 10.5 Å². The zero-order chi connectivity index (χ0) is 23.3.